The molecule has 0 spiro atoms. The molecular weight excluding hydrogens is 367 g/mol. The number of aromatic nitrogens is 2. The molecule has 0 saturated carbocycles. The maximum atomic E-state index is 11.9. The summed E-state index contributed by atoms with van der Waals surface area (Å²) in [6.45, 7) is 5.56. The van der Waals surface area contributed by atoms with Crippen molar-refractivity contribution in [2.75, 3.05) is 5.75 Å². The number of hydrazone groups is 1. The van der Waals surface area contributed by atoms with Gasteiger partial charge in [-0.25, -0.2) is 15.4 Å². The number of hydrogen-bond acceptors (Lipinski definition) is 5. The van der Waals surface area contributed by atoms with E-state index in [1.54, 1.807) is 25.1 Å². The molecule has 0 aliphatic carbocycles. The van der Waals surface area contributed by atoms with Crippen molar-refractivity contribution in [3.05, 3.63) is 51.3 Å². The zero-order valence-corrected chi connectivity index (χ0v) is 15.8. The van der Waals surface area contributed by atoms with Crippen molar-refractivity contribution in [1.29, 1.82) is 0 Å². The number of carbonyl (C=O) groups is 1. The Labute approximate surface area is 154 Å². The van der Waals surface area contributed by atoms with E-state index in [4.69, 9.17) is 23.2 Å². The van der Waals surface area contributed by atoms with Crippen LogP contribution in [0.15, 0.2) is 34.5 Å². The van der Waals surface area contributed by atoms with Gasteiger partial charge in [0.1, 0.15) is 0 Å². The van der Waals surface area contributed by atoms with Crippen molar-refractivity contribution in [3.8, 4) is 0 Å². The second-order valence-electron chi connectivity index (χ2n) is 5.08. The topological polar surface area (TPSA) is 67.2 Å². The highest BCUT2D eigenvalue weighted by Gasteiger charge is 2.07. The van der Waals surface area contributed by atoms with E-state index in [1.807, 2.05) is 19.9 Å². The summed E-state index contributed by atoms with van der Waals surface area (Å²) in [7, 11) is 0. The summed E-state index contributed by atoms with van der Waals surface area (Å²) in [6, 6.07) is 7.06. The van der Waals surface area contributed by atoms with Gasteiger partial charge in [-0.1, -0.05) is 41.0 Å². The van der Waals surface area contributed by atoms with Gasteiger partial charge in [-0.05, 0) is 44.5 Å². The van der Waals surface area contributed by atoms with Gasteiger partial charge in [0.25, 0.3) is 5.91 Å². The van der Waals surface area contributed by atoms with E-state index >= 15 is 0 Å². The summed E-state index contributed by atoms with van der Waals surface area (Å²) in [4.78, 5) is 20.5. The molecule has 1 N–H and O–H groups in total. The van der Waals surface area contributed by atoms with Crippen LogP contribution >= 0.6 is 35.0 Å². The zero-order chi connectivity index (χ0) is 17.7. The average molecular weight is 383 g/mol. The third kappa shape index (κ3) is 5.47. The lowest BCUT2D eigenvalue weighted by molar-refractivity contribution is -0.118. The van der Waals surface area contributed by atoms with Crippen LogP contribution in [0.3, 0.4) is 0 Å². The molecule has 0 aliphatic heterocycles. The molecule has 0 bridgehead atoms. The predicted octanol–water partition coefficient (Wildman–Crippen LogP) is 4.03. The molecular formula is C16H16Cl2N4OS. The molecule has 0 unspecified atom stereocenters. The summed E-state index contributed by atoms with van der Waals surface area (Å²) in [5.74, 6) is -0.0525. The summed E-state index contributed by atoms with van der Waals surface area (Å²) < 4.78 is 0. The number of nitrogens with one attached hydrogen (secondary N) is 1. The molecule has 8 heteroatoms. The molecule has 24 heavy (non-hydrogen) atoms. The molecule has 0 radical (unpaired) electrons. The molecule has 1 heterocycles. The number of halogens is 2. The standard InChI is InChI=1S/C16H16Cl2N4OS/c1-9-6-10(2)20-16(19-9)24-8-15(23)22-21-11(3)12-4-5-13(17)14(18)7-12/h4-7H,8H2,1-3H3,(H,22,23)/b21-11+. The van der Waals surface area contributed by atoms with E-state index in [9.17, 15) is 4.79 Å². The molecule has 1 amide bonds. The van der Waals surface area contributed by atoms with Gasteiger partial charge < -0.3 is 0 Å². The number of aryl methyl sites for hydroxylation is 2. The second-order valence-corrected chi connectivity index (χ2v) is 6.84. The molecule has 2 rings (SSSR count). The first-order chi connectivity index (χ1) is 11.3. The highest BCUT2D eigenvalue weighted by atomic mass is 35.5. The Bertz CT molecular complexity index is 775. The summed E-state index contributed by atoms with van der Waals surface area (Å²) in [6.07, 6.45) is 0. The van der Waals surface area contributed by atoms with Gasteiger partial charge in [0.15, 0.2) is 5.16 Å². The maximum absolute atomic E-state index is 11.9. The van der Waals surface area contributed by atoms with Crippen molar-refractivity contribution in [2.45, 2.75) is 25.9 Å². The molecule has 1 aromatic heterocycles. The largest absolute Gasteiger partial charge is 0.272 e. The lowest BCUT2D eigenvalue weighted by Gasteiger charge is -2.05. The second kappa shape index (κ2) is 8.46. The third-order valence-corrected chi connectivity index (χ3v) is 4.57. The minimum absolute atomic E-state index is 0.182. The maximum Gasteiger partial charge on any atom is 0.250 e. The van der Waals surface area contributed by atoms with Gasteiger partial charge in [0.2, 0.25) is 0 Å². The molecule has 0 atom stereocenters. The van der Waals surface area contributed by atoms with Crippen molar-refractivity contribution in [3.63, 3.8) is 0 Å². The fourth-order valence-corrected chi connectivity index (χ4v) is 2.89. The number of thioether (sulfide) groups is 1. The van der Waals surface area contributed by atoms with Crippen LogP contribution in [-0.2, 0) is 4.79 Å². The summed E-state index contributed by atoms with van der Waals surface area (Å²) in [5, 5.41) is 5.57. The van der Waals surface area contributed by atoms with E-state index in [0.717, 1.165) is 17.0 Å². The van der Waals surface area contributed by atoms with Crippen molar-refractivity contribution in [1.82, 2.24) is 15.4 Å². The quantitative estimate of drug-likeness (QED) is 0.366. The molecule has 0 fully saturated rings. The van der Waals surface area contributed by atoms with E-state index in [1.165, 1.54) is 11.8 Å². The summed E-state index contributed by atoms with van der Waals surface area (Å²) in [5.41, 5.74) is 5.68. The Balaban J connectivity index is 1.93. The minimum Gasteiger partial charge on any atom is -0.272 e. The zero-order valence-electron chi connectivity index (χ0n) is 13.4. The number of hydrogen-bond donors (Lipinski definition) is 1. The number of carbonyl (C=O) groups excluding carboxylic acids is 1. The summed E-state index contributed by atoms with van der Waals surface area (Å²) >= 11 is 13.1. The van der Waals surface area contributed by atoms with Gasteiger partial charge in [-0.3, -0.25) is 4.79 Å². The monoisotopic (exact) mass is 382 g/mol. The van der Waals surface area contributed by atoms with Crippen LogP contribution in [0.5, 0.6) is 0 Å². The van der Waals surface area contributed by atoms with Crippen molar-refractivity contribution >= 4 is 46.6 Å². The first-order valence-corrected chi connectivity index (χ1v) is 8.83. The Morgan fingerprint density at radius 2 is 1.83 bits per heavy atom. The molecule has 1 aromatic carbocycles. The van der Waals surface area contributed by atoms with Crippen LogP contribution in [0.25, 0.3) is 0 Å². The van der Waals surface area contributed by atoms with Crippen LogP contribution in [-0.4, -0.2) is 27.3 Å². The number of nitrogens with zero attached hydrogens (tertiary/aromatic N) is 3. The van der Waals surface area contributed by atoms with Crippen LogP contribution in [0, 0.1) is 13.8 Å². The Hall–Kier alpha value is -1.63. The fraction of sp³-hybridized carbons (Fsp3) is 0.250. The highest BCUT2D eigenvalue weighted by molar-refractivity contribution is 7.99. The average Bonchev–Trinajstić information content (AvgIpc) is 2.52. The molecule has 126 valence electrons. The Morgan fingerprint density at radius 3 is 2.46 bits per heavy atom. The van der Waals surface area contributed by atoms with Gasteiger partial charge in [0, 0.05) is 11.4 Å². The van der Waals surface area contributed by atoms with Gasteiger partial charge in [-0.2, -0.15) is 5.10 Å². The van der Waals surface area contributed by atoms with E-state index in [-0.39, 0.29) is 11.7 Å². The van der Waals surface area contributed by atoms with E-state index in [0.29, 0.717) is 20.9 Å². The molecule has 5 nitrogen and oxygen atoms in total. The van der Waals surface area contributed by atoms with Crippen LogP contribution in [0.4, 0.5) is 0 Å². The Kier molecular flexibility index (Phi) is 6.60. The number of rotatable bonds is 5. The lowest BCUT2D eigenvalue weighted by Crippen LogP contribution is -2.21. The minimum atomic E-state index is -0.234. The van der Waals surface area contributed by atoms with Gasteiger partial charge >= 0.3 is 0 Å². The lowest BCUT2D eigenvalue weighted by atomic mass is 10.1. The van der Waals surface area contributed by atoms with Gasteiger partial charge in [-0.15, -0.1) is 0 Å². The van der Waals surface area contributed by atoms with Crippen molar-refractivity contribution < 1.29 is 4.79 Å². The number of benzene rings is 1. The molecule has 0 saturated heterocycles. The number of amides is 1. The third-order valence-electron chi connectivity index (χ3n) is 2.98. The predicted molar refractivity (Wildman–Crippen MR) is 99.0 cm³/mol. The highest BCUT2D eigenvalue weighted by Crippen LogP contribution is 2.22. The first kappa shape index (κ1) is 18.7. The SMILES string of the molecule is C/C(=N\NC(=O)CSc1nc(C)cc(C)n1)c1ccc(Cl)c(Cl)c1. The van der Waals surface area contributed by atoms with Crippen molar-refractivity contribution in [2.24, 2.45) is 5.10 Å². The normalized spacial score (nSPS) is 11.5. The van der Waals surface area contributed by atoms with E-state index in [2.05, 4.69) is 20.5 Å². The van der Waals surface area contributed by atoms with Crippen LogP contribution < -0.4 is 5.43 Å². The van der Waals surface area contributed by atoms with Gasteiger partial charge in [0.05, 0.1) is 21.5 Å². The van der Waals surface area contributed by atoms with Crippen LogP contribution in [0.1, 0.15) is 23.9 Å². The smallest absolute Gasteiger partial charge is 0.250 e. The van der Waals surface area contributed by atoms with Crippen LogP contribution in [0.2, 0.25) is 10.0 Å². The van der Waals surface area contributed by atoms with E-state index < -0.39 is 0 Å². The Morgan fingerprint density at radius 1 is 1.17 bits per heavy atom. The molecule has 2 aromatic rings. The molecule has 0 aliphatic rings. The first-order valence-electron chi connectivity index (χ1n) is 7.09. The fourth-order valence-electron chi connectivity index (χ4n) is 1.85.